The smallest absolute Gasteiger partial charge is 0.250 e. The van der Waals surface area contributed by atoms with Crippen molar-refractivity contribution in [3.05, 3.63) is 61.3 Å². The molecule has 0 saturated heterocycles. The molecule has 0 radical (unpaired) electrons. The Balaban J connectivity index is 1.72. The molecule has 10 heteroatoms. The van der Waals surface area contributed by atoms with Crippen LogP contribution in [0, 0.1) is 0 Å². The van der Waals surface area contributed by atoms with E-state index in [0.29, 0.717) is 26.9 Å². The Morgan fingerprint density at radius 2 is 2.08 bits per heavy atom. The van der Waals surface area contributed by atoms with Gasteiger partial charge in [-0.3, -0.25) is 14.2 Å². The summed E-state index contributed by atoms with van der Waals surface area (Å²) in [5.41, 5.74) is 0.874. The first-order chi connectivity index (χ1) is 12.3. The highest BCUT2D eigenvalue weighted by Gasteiger charge is 2.19. The Labute approximate surface area is 176 Å². The number of carbonyl (C=O) groups excluding carboxylic acids is 1. The fraction of sp³-hybridized carbons (Fsp3) is 0.188. The van der Waals surface area contributed by atoms with Crippen LogP contribution in [0.3, 0.4) is 0 Å². The lowest BCUT2D eigenvalue weighted by molar-refractivity contribution is -0.119. The van der Waals surface area contributed by atoms with Crippen LogP contribution in [0.2, 0.25) is 10.0 Å². The van der Waals surface area contributed by atoms with Crippen molar-refractivity contribution in [2.45, 2.75) is 19.5 Å². The van der Waals surface area contributed by atoms with Gasteiger partial charge < -0.3 is 5.32 Å². The molecule has 26 heavy (non-hydrogen) atoms. The molecule has 1 N–H and O–H groups in total. The van der Waals surface area contributed by atoms with Crippen LogP contribution < -0.4 is 5.32 Å². The molecule has 0 saturated carbocycles. The van der Waals surface area contributed by atoms with Crippen molar-refractivity contribution in [3.8, 4) is 0 Å². The maximum Gasteiger partial charge on any atom is 0.250 e. The number of rotatable bonds is 5. The van der Waals surface area contributed by atoms with E-state index in [1.54, 1.807) is 47.0 Å². The number of anilines is 1. The van der Waals surface area contributed by atoms with E-state index in [9.17, 15) is 4.79 Å². The van der Waals surface area contributed by atoms with E-state index in [1.165, 1.54) is 0 Å². The Morgan fingerprint density at radius 1 is 1.31 bits per heavy atom. The van der Waals surface area contributed by atoms with Crippen molar-refractivity contribution in [2.24, 2.45) is 0 Å². The standard InChI is InChI=1S/C16H13Br2Cl2N5O/c1-9(25-7-11(17)5-21-25)16(26)22-15-13(18)8-24(23-15)6-10-2-3-12(19)4-14(10)20/h2-5,7-9H,6H2,1H3,(H,22,23,26). The normalized spacial score (nSPS) is 12.2. The van der Waals surface area contributed by atoms with Gasteiger partial charge >= 0.3 is 0 Å². The SMILES string of the molecule is CC(C(=O)Nc1nn(Cc2ccc(Cl)cc2Cl)cc1Br)n1cc(Br)cn1. The minimum absolute atomic E-state index is 0.226. The highest BCUT2D eigenvalue weighted by Crippen LogP contribution is 2.25. The summed E-state index contributed by atoms with van der Waals surface area (Å²) >= 11 is 18.8. The van der Waals surface area contributed by atoms with Crippen molar-refractivity contribution in [2.75, 3.05) is 5.32 Å². The van der Waals surface area contributed by atoms with E-state index in [1.807, 2.05) is 6.07 Å². The minimum Gasteiger partial charge on any atom is -0.306 e. The topological polar surface area (TPSA) is 64.7 Å². The molecule has 6 nitrogen and oxygen atoms in total. The third-order valence-corrected chi connectivity index (χ3v) is 5.23. The number of benzene rings is 1. The lowest BCUT2D eigenvalue weighted by atomic mass is 10.2. The van der Waals surface area contributed by atoms with Crippen molar-refractivity contribution < 1.29 is 4.79 Å². The Kier molecular flexibility index (Phi) is 6.06. The first-order valence-electron chi connectivity index (χ1n) is 7.51. The molecule has 0 fully saturated rings. The van der Waals surface area contributed by atoms with Crippen molar-refractivity contribution >= 4 is 66.8 Å². The second-order valence-electron chi connectivity index (χ2n) is 5.56. The molecule has 3 aromatic rings. The zero-order chi connectivity index (χ0) is 18.8. The third kappa shape index (κ3) is 4.49. The number of halogens is 4. The van der Waals surface area contributed by atoms with Gasteiger partial charge in [0.05, 0.1) is 21.7 Å². The molecule has 1 amide bonds. The predicted octanol–water partition coefficient (Wildman–Crippen LogP) is 5.16. The molecule has 2 aromatic heterocycles. The van der Waals surface area contributed by atoms with Crippen LogP contribution in [0.4, 0.5) is 5.82 Å². The molecule has 3 rings (SSSR count). The number of hydrogen-bond donors (Lipinski definition) is 1. The molecular weight excluding hydrogens is 509 g/mol. The first-order valence-corrected chi connectivity index (χ1v) is 9.85. The zero-order valence-corrected chi connectivity index (χ0v) is 18.1. The van der Waals surface area contributed by atoms with Gasteiger partial charge in [0.2, 0.25) is 5.91 Å². The second-order valence-corrected chi connectivity index (χ2v) is 8.18. The van der Waals surface area contributed by atoms with Crippen LogP contribution in [0.25, 0.3) is 0 Å². The quantitative estimate of drug-likeness (QED) is 0.504. The molecule has 1 aromatic carbocycles. The van der Waals surface area contributed by atoms with E-state index in [2.05, 4.69) is 47.4 Å². The fourth-order valence-corrected chi connectivity index (χ4v) is 3.44. The largest absolute Gasteiger partial charge is 0.306 e. The number of carbonyl (C=O) groups is 1. The molecule has 1 atom stereocenters. The molecule has 0 bridgehead atoms. The monoisotopic (exact) mass is 519 g/mol. The average molecular weight is 522 g/mol. The predicted molar refractivity (Wildman–Crippen MR) is 109 cm³/mol. The second kappa shape index (κ2) is 8.12. The van der Waals surface area contributed by atoms with E-state index in [-0.39, 0.29) is 5.91 Å². The first kappa shape index (κ1) is 19.4. The van der Waals surface area contributed by atoms with Crippen LogP contribution in [-0.2, 0) is 11.3 Å². The number of nitrogens with one attached hydrogen (secondary N) is 1. The number of nitrogens with zero attached hydrogens (tertiary/aromatic N) is 4. The molecule has 2 heterocycles. The van der Waals surface area contributed by atoms with E-state index >= 15 is 0 Å². The summed E-state index contributed by atoms with van der Waals surface area (Å²) in [6.45, 7) is 2.21. The Morgan fingerprint density at radius 3 is 2.73 bits per heavy atom. The molecule has 0 aliphatic carbocycles. The minimum atomic E-state index is -0.482. The maximum atomic E-state index is 12.4. The highest BCUT2D eigenvalue weighted by molar-refractivity contribution is 9.10. The lowest BCUT2D eigenvalue weighted by Gasteiger charge is -2.11. The van der Waals surface area contributed by atoms with Gasteiger partial charge in [0.25, 0.3) is 0 Å². The number of amides is 1. The summed E-state index contributed by atoms with van der Waals surface area (Å²) in [6.07, 6.45) is 5.14. The van der Waals surface area contributed by atoms with Crippen LogP contribution in [-0.4, -0.2) is 25.5 Å². The summed E-state index contributed by atoms with van der Waals surface area (Å²) in [5.74, 6) is 0.203. The van der Waals surface area contributed by atoms with Crippen LogP contribution in [0.5, 0.6) is 0 Å². The number of aromatic nitrogens is 4. The van der Waals surface area contributed by atoms with E-state index in [4.69, 9.17) is 23.2 Å². The van der Waals surface area contributed by atoms with Crippen LogP contribution in [0.15, 0.2) is 45.7 Å². The third-order valence-electron chi connectivity index (χ3n) is 3.65. The molecule has 0 aliphatic heterocycles. The van der Waals surface area contributed by atoms with Gasteiger partial charge in [0, 0.05) is 22.4 Å². The van der Waals surface area contributed by atoms with Crippen molar-refractivity contribution in [3.63, 3.8) is 0 Å². The van der Waals surface area contributed by atoms with Gasteiger partial charge in [-0.1, -0.05) is 29.3 Å². The summed E-state index contributed by atoms with van der Waals surface area (Å²) in [5, 5.41) is 12.5. The lowest BCUT2D eigenvalue weighted by Crippen LogP contribution is -2.24. The number of hydrogen-bond acceptors (Lipinski definition) is 3. The van der Waals surface area contributed by atoms with E-state index < -0.39 is 6.04 Å². The van der Waals surface area contributed by atoms with E-state index in [0.717, 1.165) is 10.0 Å². The van der Waals surface area contributed by atoms with Gasteiger partial charge in [0.1, 0.15) is 6.04 Å². The molecule has 0 spiro atoms. The van der Waals surface area contributed by atoms with Gasteiger partial charge in [-0.15, -0.1) is 0 Å². The van der Waals surface area contributed by atoms with Gasteiger partial charge in [-0.05, 0) is 56.5 Å². The average Bonchev–Trinajstić information content (AvgIpc) is 3.15. The summed E-state index contributed by atoms with van der Waals surface area (Å²) in [7, 11) is 0. The summed E-state index contributed by atoms with van der Waals surface area (Å²) in [6, 6.07) is 4.82. The van der Waals surface area contributed by atoms with Crippen LogP contribution >= 0.6 is 55.1 Å². The van der Waals surface area contributed by atoms with Crippen molar-refractivity contribution in [1.29, 1.82) is 0 Å². The van der Waals surface area contributed by atoms with Crippen LogP contribution in [0.1, 0.15) is 18.5 Å². The zero-order valence-electron chi connectivity index (χ0n) is 13.5. The molecule has 0 aliphatic rings. The Hall–Kier alpha value is -1.35. The highest BCUT2D eigenvalue weighted by atomic mass is 79.9. The summed E-state index contributed by atoms with van der Waals surface area (Å²) < 4.78 is 4.73. The molecular formula is C16H13Br2Cl2N5O. The van der Waals surface area contributed by atoms with Crippen molar-refractivity contribution in [1.82, 2.24) is 19.6 Å². The maximum absolute atomic E-state index is 12.4. The van der Waals surface area contributed by atoms with Gasteiger partial charge in [-0.2, -0.15) is 10.2 Å². The molecule has 1 unspecified atom stereocenters. The van der Waals surface area contributed by atoms with Gasteiger partial charge in [-0.25, -0.2) is 0 Å². The summed E-state index contributed by atoms with van der Waals surface area (Å²) in [4.78, 5) is 12.4. The Bertz CT molecular complexity index is 956. The molecule has 136 valence electrons. The fourth-order valence-electron chi connectivity index (χ4n) is 2.26. The van der Waals surface area contributed by atoms with Gasteiger partial charge in [0.15, 0.2) is 5.82 Å².